The van der Waals surface area contributed by atoms with Crippen molar-refractivity contribution in [1.82, 2.24) is 16.0 Å². The van der Waals surface area contributed by atoms with Crippen LogP contribution in [-0.2, 0) is 0 Å². The van der Waals surface area contributed by atoms with Gasteiger partial charge in [-0.25, -0.2) is 0 Å². The number of nitrogens with zero attached hydrogens (tertiary/aromatic N) is 1. The van der Waals surface area contributed by atoms with Crippen LogP contribution in [0.2, 0.25) is 0 Å². The Morgan fingerprint density at radius 1 is 1.47 bits per heavy atom. The zero-order valence-electron chi connectivity index (χ0n) is 9.77. The lowest BCUT2D eigenvalue weighted by molar-refractivity contribution is 0.181. The zero-order chi connectivity index (χ0) is 10.7. The molecule has 0 bridgehead atoms. The lowest BCUT2D eigenvalue weighted by Gasteiger charge is -2.39. The van der Waals surface area contributed by atoms with Crippen molar-refractivity contribution in [2.24, 2.45) is 10.4 Å². The van der Waals surface area contributed by atoms with Crippen LogP contribution in [0.3, 0.4) is 0 Å². The highest BCUT2D eigenvalue weighted by molar-refractivity contribution is 5.81. The molecule has 4 nitrogen and oxygen atoms in total. The van der Waals surface area contributed by atoms with Crippen molar-refractivity contribution in [1.29, 1.82) is 0 Å². The van der Waals surface area contributed by atoms with Crippen molar-refractivity contribution in [3.63, 3.8) is 0 Å². The summed E-state index contributed by atoms with van der Waals surface area (Å²) in [6, 6.07) is 0.552. The maximum absolute atomic E-state index is 4.33. The van der Waals surface area contributed by atoms with Crippen LogP contribution in [0.5, 0.6) is 0 Å². The molecule has 0 aromatic rings. The lowest BCUT2D eigenvalue weighted by Crippen LogP contribution is -2.53. The first-order chi connectivity index (χ1) is 7.18. The molecule has 1 atom stereocenters. The van der Waals surface area contributed by atoms with E-state index in [0.717, 1.165) is 32.1 Å². The van der Waals surface area contributed by atoms with Crippen molar-refractivity contribution >= 4 is 5.96 Å². The highest BCUT2D eigenvalue weighted by Gasteiger charge is 2.31. The quantitative estimate of drug-likeness (QED) is 0.615. The van der Waals surface area contributed by atoms with Gasteiger partial charge in [-0.05, 0) is 24.8 Å². The van der Waals surface area contributed by atoms with E-state index in [1.54, 1.807) is 0 Å². The second-order valence-electron chi connectivity index (χ2n) is 5.14. The largest absolute Gasteiger partial charge is 0.355 e. The van der Waals surface area contributed by atoms with E-state index in [9.17, 15) is 0 Å². The molecule has 0 radical (unpaired) electrons. The van der Waals surface area contributed by atoms with Gasteiger partial charge in [0.25, 0.3) is 0 Å². The molecular formula is C11H22N4. The number of piperidine rings is 1. The molecule has 0 amide bonds. The predicted octanol–water partition coefficient (Wildman–Crippen LogP) is 0.313. The third-order valence-electron chi connectivity index (χ3n) is 3.48. The molecule has 1 saturated heterocycles. The van der Waals surface area contributed by atoms with E-state index in [-0.39, 0.29) is 0 Å². The number of aliphatic imine (C=N–C) groups is 1. The minimum atomic E-state index is 0.393. The van der Waals surface area contributed by atoms with Gasteiger partial charge in [0, 0.05) is 19.1 Å². The first-order valence-electron chi connectivity index (χ1n) is 5.94. The molecule has 4 heteroatoms. The van der Waals surface area contributed by atoms with Gasteiger partial charge in [-0.2, -0.15) is 0 Å². The van der Waals surface area contributed by atoms with Crippen LogP contribution in [0.15, 0.2) is 4.99 Å². The summed E-state index contributed by atoms with van der Waals surface area (Å²) in [6.45, 7) is 8.69. The molecule has 1 unspecified atom stereocenters. The molecule has 2 rings (SSSR count). The highest BCUT2D eigenvalue weighted by Crippen LogP contribution is 2.29. The Balaban J connectivity index is 1.82. The van der Waals surface area contributed by atoms with Gasteiger partial charge >= 0.3 is 0 Å². The molecule has 1 fully saturated rings. The van der Waals surface area contributed by atoms with Gasteiger partial charge < -0.3 is 16.0 Å². The monoisotopic (exact) mass is 210 g/mol. The normalized spacial score (nSPS) is 29.5. The second-order valence-corrected chi connectivity index (χ2v) is 5.14. The summed E-state index contributed by atoms with van der Waals surface area (Å²) in [5.41, 5.74) is 0.393. The van der Waals surface area contributed by atoms with E-state index in [1.807, 2.05) is 0 Å². The van der Waals surface area contributed by atoms with Crippen LogP contribution < -0.4 is 16.0 Å². The van der Waals surface area contributed by atoms with E-state index in [4.69, 9.17) is 0 Å². The molecule has 0 aromatic carbocycles. The Morgan fingerprint density at radius 2 is 2.33 bits per heavy atom. The molecule has 15 heavy (non-hydrogen) atoms. The van der Waals surface area contributed by atoms with Crippen LogP contribution in [-0.4, -0.2) is 38.2 Å². The number of nitrogens with one attached hydrogen (secondary N) is 3. The Bertz CT molecular complexity index is 247. The first kappa shape index (κ1) is 10.7. The van der Waals surface area contributed by atoms with Gasteiger partial charge in [-0.15, -0.1) is 0 Å². The molecule has 2 aliphatic heterocycles. The first-order valence-corrected chi connectivity index (χ1v) is 5.94. The smallest absolute Gasteiger partial charge is 0.191 e. The van der Waals surface area contributed by atoms with Crippen LogP contribution >= 0.6 is 0 Å². The van der Waals surface area contributed by atoms with Crippen molar-refractivity contribution in [3.05, 3.63) is 0 Å². The number of rotatable bonds is 2. The van der Waals surface area contributed by atoms with Gasteiger partial charge in [0.1, 0.15) is 0 Å². The number of hydrogen-bond donors (Lipinski definition) is 3. The predicted molar refractivity (Wildman–Crippen MR) is 63.1 cm³/mol. The summed E-state index contributed by atoms with van der Waals surface area (Å²) in [5.74, 6) is 0.971. The summed E-state index contributed by atoms with van der Waals surface area (Å²) in [5, 5.41) is 10.2. The second kappa shape index (κ2) is 4.39. The maximum Gasteiger partial charge on any atom is 0.191 e. The van der Waals surface area contributed by atoms with E-state index < -0.39 is 0 Å². The van der Waals surface area contributed by atoms with Gasteiger partial charge in [0.15, 0.2) is 5.96 Å². The molecule has 86 valence electrons. The summed E-state index contributed by atoms with van der Waals surface area (Å²) >= 11 is 0. The maximum atomic E-state index is 4.33. The molecule has 3 N–H and O–H groups in total. The fraction of sp³-hybridized carbons (Fsp3) is 0.909. The fourth-order valence-electron chi connectivity index (χ4n) is 2.33. The van der Waals surface area contributed by atoms with E-state index >= 15 is 0 Å². The summed E-state index contributed by atoms with van der Waals surface area (Å²) in [6.07, 6.45) is 2.61. The molecule has 0 spiro atoms. The third kappa shape index (κ3) is 2.62. The standard InChI is InChI=1S/C11H22N4/c1-11(2)4-3-5-12-9(11)8-15-10-13-6-7-14-10/h9,12H,3-8H2,1-2H3,(H2,13,14,15). The van der Waals surface area contributed by atoms with Crippen molar-refractivity contribution < 1.29 is 0 Å². The number of guanidine groups is 1. The molecule has 2 heterocycles. The van der Waals surface area contributed by atoms with Crippen molar-refractivity contribution in [2.75, 3.05) is 26.2 Å². The Kier molecular flexibility index (Phi) is 3.14. The van der Waals surface area contributed by atoms with Crippen LogP contribution in [0.25, 0.3) is 0 Å². The topological polar surface area (TPSA) is 48.5 Å². The fourth-order valence-corrected chi connectivity index (χ4v) is 2.33. The Hall–Kier alpha value is -0.770. The average molecular weight is 210 g/mol. The van der Waals surface area contributed by atoms with Crippen molar-refractivity contribution in [3.8, 4) is 0 Å². The minimum absolute atomic E-state index is 0.393. The van der Waals surface area contributed by atoms with Crippen LogP contribution in [0.4, 0.5) is 0 Å². The van der Waals surface area contributed by atoms with E-state index in [0.29, 0.717) is 11.5 Å². The molecule has 2 aliphatic rings. The van der Waals surface area contributed by atoms with E-state index in [2.05, 4.69) is 34.8 Å². The molecular weight excluding hydrogens is 188 g/mol. The van der Waals surface area contributed by atoms with Gasteiger partial charge in [-0.3, -0.25) is 4.99 Å². The SMILES string of the molecule is CC1(C)CCCNC1CNC1=NCCN1. The van der Waals surface area contributed by atoms with E-state index in [1.165, 1.54) is 12.8 Å². The third-order valence-corrected chi connectivity index (χ3v) is 3.48. The van der Waals surface area contributed by atoms with Gasteiger partial charge in [0.05, 0.1) is 6.54 Å². The zero-order valence-corrected chi connectivity index (χ0v) is 9.77. The average Bonchev–Trinajstić information content (AvgIpc) is 2.68. The Labute approximate surface area is 91.9 Å². The summed E-state index contributed by atoms with van der Waals surface area (Å²) < 4.78 is 0. The summed E-state index contributed by atoms with van der Waals surface area (Å²) in [7, 11) is 0. The van der Waals surface area contributed by atoms with Crippen LogP contribution in [0, 0.1) is 5.41 Å². The van der Waals surface area contributed by atoms with Gasteiger partial charge in [0.2, 0.25) is 0 Å². The highest BCUT2D eigenvalue weighted by atomic mass is 15.2. The molecule has 0 saturated carbocycles. The molecule has 0 aliphatic carbocycles. The Morgan fingerprint density at radius 3 is 3.00 bits per heavy atom. The number of hydrogen-bond acceptors (Lipinski definition) is 4. The van der Waals surface area contributed by atoms with Crippen LogP contribution in [0.1, 0.15) is 26.7 Å². The lowest BCUT2D eigenvalue weighted by atomic mass is 9.77. The molecule has 0 aromatic heterocycles. The van der Waals surface area contributed by atoms with Gasteiger partial charge in [-0.1, -0.05) is 13.8 Å². The minimum Gasteiger partial charge on any atom is -0.355 e. The summed E-state index contributed by atoms with van der Waals surface area (Å²) in [4.78, 5) is 4.33. The van der Waals surface area contributed by atoms with Crippen molar-refractivity contribution in [2.45, 2.75) is 32.7 Å².